The van der Waals surface area contributed by atoms with E-state index in [2.05, 4.69) is 19.9 Å². The predicted molar refractivity (Wildman–Crippen MR) is 56.5 cm³/mol. The van der Waals surface area contributed by atoms with Crippen LogP contribution >= 0.6 is 0 Å². The molecular weight excluding hydrogens is 176 g/mol. The SMILES string of the molecule is CC=CC(=O)N(CCC#N)CC(C)C. The van der Waals surface area contributed by atoms with Gasteiger partial charge in [-0.15, -0.1) is 0 Å². The monoisotopic (exact) mass is 194 g/mol. The lowest BCUT2D eigenvalue weighted by atomic mass is 10.2. The van der Waals surface area contributed by atoms with Crippen molar-refractivity contribution in [3.63, 3.8) is 0 Å². The highest BCUT2D eigenvalue weighted by atomic mass is 16.2. The van der Waals surface area contributed by atoms with Crippen LogP contribution in [0.2, 0.25) is 0 Å². The van der Waals surface area contributed by atoms with Crippen molar-refractivity contribution in [2.45, 2.75) is 27.2 Å². The van der Waals surface area contributed by atoms with Gasteiger partial charge in [-0.1, -0.05) is 19.9 Å². The van der Waals surface area contributed by atoms with Gasteiger partial charge in [0.1, 0.15) is 0 Å². The van der Waals surface area contributed by atoms with Crippen LogP contribution in [-0.2, 0) is 4.79 Å². The van der Waals surface area contributed by atoms with Gasteiger partial charge < -0.3 is 4.90 Å². The van der Waals surface area contributed by atoms with Crippen LogP contribution in [0.5, 0.6) is 0 Å². The molecule has 0 saturated heterocycles. The molecule has 0 radical (unpaired) electrons. The average Bonchev–Trinajstić information content (AvgIpc) is 2.12. The van der Waals surface area contributed by atoms with E-state index >= 15 is 0 Å². The van der Waals surface area contributed by atoms with E-state index in [1.54, 1.807) is 17.1 Å². The Morgan fingerprint density at radius 3 is 2.64 bits per heavy atom. The third-order valence-electron chi connectivity index (χ3n) is 1.70. The van der Waals surface area contributed by atoms with Crippen molar-refractivity contribution >= 4 is 5.91 Å². The molecule has 0 aliphatic carbocycles. The van der Waals surface area contributed by atoms with Crippen LogP contribution < -0.4 is 0 Å². The Morgan fingerprint density at radius 1 is 1.57 bits per heavy atom. The minimum Gasteiger partial charge on any atom is -0.338 e. The molecule has 0 aromatic rings. The molecular formula is C11H18N2O. The predicted octanol–water partition coefficient (Wildman–Crippen LogP) is 1.96. The maximum atomic E-state index is 11.5. The van der Waals surface area contributed by atoms with Crippen LogP contribution in [0.4, 0.5) is 0 Å². The third-order valence-corrected chi connectivity index (χ3v) is 1.70. The summed E-state index contributed by atoms with van der Waals surface area (Å²) in [6.45, 7) is 7.17. The Hall–Kier alpha value is -1.30. The number of hydrogen-bond donors (Lipinski definition) is 0. The standard InChI is InChI=1S/C11H18N2O/c1-4-6-11(14)13(8-5-7-12)9-10(2)3/h4,6,10H,5,8-9H2,1-3H3. The zero-order valence-corrected chi connectivity index (χ0v) is 9.16. The Balaban J connectivity index is 4.24. The summed E-state index contributed by atoms with van der Waals surface area (Å²) in [5, 5.41) is 8.45. The lowest BCUT2D eigenvalue weighted by Crippen LogP contribution is -2.33. The van der Waals surface area contributed by atoms with Crippen molar-refractivity contribution in [2.75, 3.05) is 13.1 Å². The van der Waals surface area contributed by atoms with Crippen LogP contribution in [0, 0.1) is 17.2 Å². The fourth-order valence-corrected chi connectivity index (χ4v) is 1.17. The number of hydrogen-bond acceptors (Lipinski definition) is 2. The first-order valence-corrected chi connectivity index (χ1v) is 4.90. The topological polar surface area (TPSA) is 44.1 Å². The maximum Gasteiger partial charge on any atom is 0.246 e. The molecule has 14 heavy (non-hydrogen) atoms. The number of allylic oxidation sites excluding steroid dienone is 1. The van der Waals surface area contributed by atoms with Crippen molar-refractivity contribution in [3.8, 4) is 6.07 Å². The second-order valence-electron chi connectivity index (χ2n) is 3.59. The summed E-state index contributed by atoms with van der Waals surface area (Å²) in [6.07, 6.45) is 3.66. The summed E-state index contributed by atoms with van der Waals surface area (Å²) in [5.74, 6) is 0.430. The average molecular weight is 194 g/mol. The molecule has 0 heterocycles. The Kier molecular flexibility index (Phi) is 6.47. The van der Waals surface area contributed by atoms with Crippen LogP contribution in [0.3, 0.4) is 0 Å². The quantitative estimate of drug-likeness (QED) is 0.628. The number of amides is 1. The van der Waals surface area contributed by atoms with E-state index in [4.69, 9.17) is 5.26 Å². The largest absolute Gasteiger partial charge is 0.338 e. The van der Waals surface area contributed by atoms with Crippen LogP contribution in [-0.4, -0.2) is 23.9 Å². The molecule has 3 heteroatoms. The first kappa shape index (κ1) is 12.7. The molecule has 0 rings (SSSR count). The van der Waals surface area contributed by atoms with Gasteiger partial charge in [-0.3, -0.25) is 4.79 Å². The third kappa shape index (κ3) is 5.36. The van der Waals surface area contributed by atoms with E-state index in [-0.39, 0.29) is 5.91 Å². The van der Waals surface area contributed by atoms with Crippen molar-refractivity contribution in [3.05, 3.63) is 12.2 Å². The van der Waals surface area contributed by atoms with Gasteiger partial charge in [0.15, 0.2) is 0 Å². The highest BCUT2D eigenvalue weighted by Gasteiger charge is 2.11. The van der Waals surface area contributed by atoms with E-state index in [0.717, 1.165) is 0 Å². The molecule has 3 nitrogen and oxygen atoms in total. The molecule has 1 amide bonds. The molecule has 0 bridgehead atoms. The second-order valence-corrected chi connectivity index (χ2v) is 3.59. The van der Waals surface area contributed by atoms with Gasteiger partial charge in [-0.05, 0) is 18.9 Å². The summed E-state index contributed by atoms with van der Waals surface area (Å²) in [7, 11) is 0. The number of rotatable bonds is 5. The van der Waals surface area contributed by atoms with Gasteiger partial charge in [0.25, 0.3) is 0 Å². The molecule has 0 aromatic carbocycles. The van der Waals surface area contributed by atoms with E-state index in [1.165, 1.54) is 0 Å². The fourth-order valence-electron chi connectivity index (χ4n) is 1.17. The smallest absolute Gasteiger partial charge is 0.246 e. The van der Waals surface area contributed by atoms with Gasteiger partial charge >= 0.3 is 0 Å². The van der Waals surface area contributed by atoms with Gasteiger partial charge in [0, 0.05) is 13.1 Å². The summed E-state index contributed by atoms with van der Waals surface area (Å²) >= 11 is 0. The summed E-state index contributed by atoms with van der Waals surface area (Å²) < 4.78 is 0. The number of nitrogens with zero attached hydrogens (tertiary/aromatic N) is 2. The molecule has 0 atom stereocenters. The Labute approximate surface area is 86.0 Å². The van der Waals surface area contributed by atoms with Crippen LogP contribution in [0.1, 0.15) is 27.2 Å². The Bertz CT molecular complexity index is 238. The van der Waals surface area contributed by atoms with Gasteiger partial charge in [0.05, 0.1) is 12.5 Å². The number of carbonyl (C=O) groups excluding carboxylic acids is 1. The second kappa shape index (κ2) is 7.14. The minimum atomic E-state index is -0.00329. The highest BCUT2D eigenvalue weighted by Crippen LogP contribution is 2.01. The zero-order chi connectivity index (χ0) is 11.0. The molecule has 0 fully saturated rings. The summed E-state index contributed by atoms with van der Waals surface area (Å²) in [6, 6.07) is 2.05. The van der Waals surface area contributed by atoms with Gasteiger partial charge in [-0.2, -0.15) is 5.26 Å². The van der Waals surface area contributed by atoms with Crippen molar-refractivity contribution < 1.29 is 4.79 Å². The van der Waals surface area contributed by atoms with Crippen molar-refractivity contribution in [1.82, 2.24) is 4.90 Å². The fraction of sp³-hybridized carbons (Fsp3) is 0.636. The van der Waals surface area contributed by atoms with E-state index < -0.39 is 0 Å². The lowest BCUT2D eigenvalue weighted by molar-refractivity contribution is -0.126. The summed E-state index contributed by atoms with van der Waals surface area (Å²) in [4.78, 5) is 13.2. The van der Waals surface area contributed by atoms with Crippen molar-refractivity contribution in [1.29, 1.82) is 5.26 Å². The molecule has 0 aliphatic rings. The van der Waals surface area contributed by atoms with E-state index in [1.807, 2.05) is 6.92 Å². The molecule has 0 aromatic heterocycles. The summed E-state index contributed by atoms with van der Waals surface area (Å²) in [5.41, 5.74) is 0. The molecule has 0 spiro atoms. The van der Waals surface area contributed by atoms with Crippen LogP contribution in [0.15, 0.2) is 12.2 Å². The maximum absolute atomic E-state index is 11.5. The van der Waals surface area contributed by atoms with E-state index in [0.29, 0.717) is 25.4 Å². The zero-order valence-electron chi connectivity index (χ0n) is 9.16. The molecule has 78 valence electrons. The normalized spacial score (nSPS) is 10.5. The Morgan fingerprint density at radius 2 is 2.21 bits per heavy atom. The van der Waals surface area contributed by atoms with Gasteiger partial charge in [0.2, 0.25) is 5.91 Å². The van der Waals surface area contributed by atoms with Crippen LogP contribution in [0.25, 0.3) is 0 Å². The molecule has 0 N–H and O–H groups in total. The van der Waals surface area contributed by atoms with E-state index in [9.17, 15) is 4.79 Å². The molecule has 0 aliphatic heterocycles. The molecule has 0 saturated carbocycles. The lowest BCUT2D eigenvalue weighted by Gasteiger charge is -2.21. The number of carbonyl (C=O) groups is 1. The first-order valence-electron chi connectivity index (χ1n) is 4.90. The van der Waals surface area contributed by atoms with Gasteiger partial charge in [-0.25, -0.2) is 0 Å². The highest BCUT2D eigenvalue weighted by molar-refractivity contribution is 5.87. The number of nitriles is 1. The molecule has 0 unspecified atom stereocenters. The van der Waals surface area contributed by atoms with Crippen molar-refractivity contribution in [2.24, 2.45) is 5.92 Å². The minimum absolute atomic E-state index is 0.00329. The first-order chi connectivity index (χ1) is 6.61.